The number of ether oxygens (including phenoxy) is 1. The fourth-order valence-corrected chi connectivity index (χ4v) is 3.41. The monoisotopic (exact) mass is 366 g/mol. The Balaban J connectivity index is 1.68. The van der Waals surface area contributed by atoms with Gasteiger partial charge in [-0.15, -0.1) is 0 Å². The fourth-order valence-electron chi connectivity index (χ4n) is 3.41. The Morgan fingerprint density at radius 1 is 1.41 bits per heavy atom. The highest BCUT2D eigenvalue weighted by atomic mass is 16.5. The van der Waals surface area contributed by atoms with Gasteiger partial charge in [0.1, 0.15) is 11.9 Å². The molecule has 2 aromatic heterocycles. The van der Waals surface area contributed by atoms with Crippen LogP contribution >= 0.6 is 0 Å². The molecule has 140 valence electrons. The first-order valence-corrected chi connectivity index (χ1v) is 9.10. The highest BCUT2D eigenvalue weighted by molar-refractivity contribution is 5.90. The van der Waals surface area contributed by atoms with Crippen LogP contribution in [0, 0.1) is 5.92 Å². The summed E-state index contributed by atoms with van der Waals surface area (Å²) in [5, 5.41) is 17.2. The first-order valence-electron chi connectivity index (χ1n) is 9.10. The summed E-state index contributed by atoms with van der Waals surface area (Å²) in [7, 11) is 0. The average molecular weight is 366 g/mol. The number of fused-ring (bicyclic) bond motifs is 1. The van der Waals surface area contributed by atoms with Crippen molar-refractivity contribution in [1.29, 1.82) is 0 Å². The zero-order valence-electron chi connectivity index (χ0n) is 15.1. The molecule has 1 aliphatic heterocycles. The van der Waals surface area contributed by atoms with E-state index in [1.54, 1.807) is 17.1 Å². The summed E-state index contributed by atoms with van der Waals surface area (Å²) in [4.78, 5) is 16.0. The van der Waals surface area contributed by atoms with E-state index in [9.17, 15) is 4.79 Å². The number of hydrogen-bond donors (Lipinski definition) is 2. The van der Waals surface area contributed by atoms with E-state index in [0.717, 1.165) is 27.8 Å². The van der Waals surface area contributed by atoms with Gasteiger partial charge in [0.05, 0.1) is 24.9 Å². The number of aliphatic hydroxyl groups is 1. The molecule has 7 heteroatoms. The predicted molar refractivity (Wildman–Crippen MR) is 101 cm³/mol. The van der Waals surface area contributed by atoms with E-state index in [2.05, 4.69) is 15.4 Å². The minimum absolute atomic E-state index is 0.0421. The van der Waals surface area contributed by atoms with E-state index in [-0.39, 0.29) is 24.5 Å². The molecule has 1 aliphatic rings. The van der Waals surface area contributed by atoms with E-state index < -0.39 is 0 Å². The van der Waals surface area contributed by atoms with Gasteiger partial charge in [-0.3, -0.25) is 14.5 Å². The predicted octanol–water partition coefficient (Wildman–Crippen LogP) is 1.99. The molecular weight excluding hydrogens is 344 g/mol. The van der Waals surface area contributed by atoms with E-state index in [1.165, 1.54) is 0 Å². The number of aliphatic hydroxyl groups excluding tert-OH is 1. The van der Waals surface area contributed by atoms with Crippen LogP contribution in [0.2, 0.25) is 0 Å². The fraction of sp³-hybridized carbons (Fsp3) is 0.350. The summed E-state index contributed by atoms with van der Waals surface area (Å²) in [6, 6.07) is 7.87. The molecule has 1 amide bonds. The lowest BCUT2D eigenvalue weighted by atomic mass is 10.0. The number of benzene rings is 1. The van der Waals surface area contributed by atoms with Crippen LogP contribution in [0.3, 0.4) is 0 Å². The zero-order chi connectivity index (χ0) is 18.8. The summed E-state index contributed by atoms with van der Waals surface area (Å²) in [5.41, 5.74) is 2.73. The van der Waals surface area contributed by atoms with Gasteiger partial charge in [0.25, 0.3) is 0 Å². The Hall–Kier alpha value is -2.93. The Kier molecular flexibility index (Phi) is 4.77. The van der Waals surface area contributed by atoms with Crippen LogP contribution in [0.1, 0.15) is 13.3 Å². The third kappa shape index (κ3) is 3.64. The summed E-state index contributed by atoms with van der Waals surface area (Å²) in [6.07, 6.45) is 5.82. The largest absolute Gasteiger partial charge is 0.490 e. The molecule has 0 spiro atoms. The molecule has 0 bridgehead atoms. The van der Waals surface area contributed by atoms with Crippen molar-refractivity contribution in [2.45, 2.75) is 26.0 Å². The maximum atomic E-state index is 11.5. The Morgan fingerprint density at radius 3 is 3.07 bits per heavy atom. The zero-order valence-corrected chi connectivity index (χ0v) is 15.1. The van der Waals surface area contributed by atoms with Crippen molar-refractivity contribution >= 4 is 16.8 Å². The van der Waals surface area contributed by atoms with Gasteiger partial charge in [0, 0.05) is 42.2 Å². The third-order valence-electron chi connectivity index (χ3n) is 4.96. The lowest BCUT2D eigenvalue weighted by Crippen LogP contribution is -2.25. The lowest BCUT2D eigenvalue weighted by molar-refractivity contribution is -0.119. The molecule has 0 radical (unpaired) electrons. The normalized spacial score (nSPS) is 17.9. The van der Waals surface area contributed by atoms with Gasteiger partial charge in [-0.05, 0) is 36.8 Å². The minimum atomic E-state index is -0.0975. The standard InChI is InChI=1S/C20H22N4O3/c1-13(15-9-20(26)22-10-15)27-19-8-14(7-18-17(19)3-2-4-21-18)16-11-23-24(12-16)5-6-25/h2-4,7-8,11-13,15,25H,5-6,9-10H2,1H3,(H,22,26)/t13-,15?/m1/s1. The number of rotatable bonds is 6. The smallest absolute Gasteiger partial charge is 0.220 e. The molecule has 7 nitrogen and oxygen atoms in total. The molecule has 3 heterocycles. The second kappa shape index (κ2) is 7.36. The lowest BCUT2D eigenvalue weighted by Gasteiger charge is -2.21. The first-order chi connectivity index (χ1) is 13.1. The molecule has 1 saturated heterocycles. The van der Waals surface area contributed by atoms with E-state index in [1.807, 2.05) is 37.4 Å². The molecule has 0 saturated carbocycles. The van der Waals surface area contributed by atoms with Crippen LogP contribution in [-0.2, 0) is 11.3 Å². The minimum Gasteiger partial charge on any atom is -0.490 e. The highest BCUT2D eigenvalue weighted by Crippen LogP contribution is 2.33. The van der Waals surface area contributed by atoms with Gasteiger partial charge in [-0.25, -0.2) is 0 Å². The van der Waals surface area contributed by atoms with Gasteiger partial charge in [-0.1, -0.05) is 0 Å². The molecule has 2 N–H and O–H groups in total. The number of pyridine rings is 1. The third-order valence-corrected chi connectivity index (χ3v) is 4.96. The Bertz CT molecular complexity index is 969. The van der Waals surface area contributed by atoms with E-state index >= 15 is 0 Å². The van der Waals surface area contributed by atoms with Crippen LogP contribution in [0.15, 0.2) is 42.9 Å². The summed E-state index contributed by atoms with van der Waals surface area (Å²) in [5.74, 6) is 0.976. The quantitative estimate of drug-likeness (QED) is 0.696. The molecular formula is C20H22N4O3. The number of carbonyl (C=O) groups excluding carboxylic acids is 1. The van der Waals surface area contributed by atoms with Crippen molar-refractivity contribution in [3.05, 3.63) is 42.9 Å². The van der Waals surface area contributed by atoms with Gasteiger partial charge < -0.3 is 15.2 Å². The molecule has 2 atom stereocenters. The maximum absolute atomic E-state index is 11.5. The molecule has 1 unspecified atom stereocenters. The Morgan fingerprint density at radius 2 is 2.30 bits per heavy atom. The number of nitrogens with one attached hydrogen (secondary N) is 1. The molecule has 27 heavy (non-hydrogen) atoms. The highest BCUT2D eigenvalue weighted by Gasteiger charge is 2.28. The van der Waals surface area contributed by atoms with Crippen LogP contribution in [0.4, 0.5) is 0 Å². The molecule has 0 aliphatic carbocycles. The summed E-state index contributed by atoms with van der Waals surface area (Å²) >= 11 is 0. The van der Waals surface area contributed by atoms with Crippen molar-refractivity contribution in [2.75, 3.05) is 13.2 Å². The Labute approximate surface area is 157 Å². The summed E-state index contributed by atoms with van der Waals surface area (Å²) in [6.45, 7) is 3.14. The van der Waals surface area contributed by atoms with Crippen LogP contribution in [0.25, 0.3) is 22.0 Å². The number of nitrogens with zero attached hydrogens (tertiary/aromatic N) is 3. The number of aromatic nitrogens is 3. The maximum Gasteiger partial charge on any atom is 0.220 e. The van der Waals surface area contributed by atoms with Crippen molar-refractivity contribution in [2.24, 2.45) is 5.92 Å². The van der Waals surface area contributed by atoms with E-state index in [0.29, 0.717) is 19.5 Å². The molecule has 1 fully saturated rings. The van der Waals surface area contributed by atoms with Gasteiger partial charge in [0.2, 0.25) is 5.91 Å². The number of carbonyl (C=O) groups is 1. The SMILES string of the molecule is C[C@@H](Oc1cc(-c2cnn(CCO)c2)cc2ncccc12)C1CNC(=O)C1. The molecule has 4 rings (SSSR count). The first kappa shape index (κ1) is 17.5. The topological polar surface area (TPSA) is 89.3 Å². The number of amides is 1. The van der Waals surface area contributed by atoms with E-state index in [4.69, 9.17) is 9.84 Å². The van der Waals surface area contributed by atoms with Crippen molar-refractivity contribution < 1.29 is 14.6 Å². The average Bonchev–Trinajstić information content (AvgIpc) is 3.31. The molecule has 3 aromatic rings. The van der Waals surface area contributed by atoms with Crippen LogP contribution in [-0.4, -0.2) is 45.0 Å². The second-order valence-electron chi connectivity index (χ2n) is 6.85. The van der Waals surface area contributed by atoms with Crippen molar-refractivity contribution in [1.82, 2.24) is 20.1 Å². The van der Waals surface area contributed by atoms with Gasteiger partial charge in [-0.2, -0.15) is 5.10 Å². The summed E-state index contributed by atoms with van der Waals surface area (Å²) < 4.78 is 7.98. The molecule has 1 aromatic carbocycles. The van der Waals surface area contributed by atoms with Crippen LogP contribution < -0.4 is 10.1 Å². The number of hydrogen-bond acceptors (Lipinski definition) is 5. The van der Waals surface area contributed by atoms with Crippen molar-refractivity contribution in [3.63, 3.8) is 0 Å². The van der Waals surface area contributed by atoms with Crippen molar-refractivity contribution in [3.8, 4) is 16.9 Å². The van der Waals surface area contributed by atoms with Gasteiger partial charge in [0.15, 0.2) is 0 Å². The van der Waals surface area contributed by atoms with Crippen LogP contribution in [0.5, 0.6) is 5.75 Å². The van der Waals surface area contributed by atoms with Gasteiger partial charge >= 0.3 is 0 Å². The second-order valence-corrected chi connectivity index (χ2v) is 6.85.